The third kappa shape index (κ3) is 5.12. The van der Waals surface area contributed by atoms with E-state index < -0.39 is 0 Å². The summed E-state index contributed by atoms with van der Waals surface area (Å²) in [5, 5.41) is 2.87. The van der Waals surface area contributed by atoms with Crippen molar-refractivity contribution in [3.8, 4) is 0 Å². The number of ether oxygens (including phenoxy) is 1. The Morgan fingerprint density at radius 1 is 1.24 bits per heavy atom. The zero-order valence-corrected chi connectivity index (χ0v) is 14.3. The lowest BCUT2D eigenvalue weighted by Crippen LogP contribution is -2.28. The van der Waals surface area contributed by atoms with Gasteiger partial charge in [-0.25, -0.2) is 4.79 Å². The summed E-state index contributed by atoms with van der Waals surface area (Å²) < 4.78 is 5.54. The van der Waals surface area contributed by atoms with E-state index in [1.54, 1.807) is 0 Å². The lowest BCUT2D eigenvalue weighted by molar-refractivity contribution is 0.114. The molecule has 0 fully saturated rings. The molecule has 0 spiro atoms. The van der Waals surface area contributed by atoms with E-state index in [4.69, 9.17) is 4.74 Å². The minimum absolute atomic E-state index is 0.201. The van der Waals surface area contributed by atoms with E-state index >= 15 is 0 Å². The van der Waals surface area contributed by atoms with Crippen molar-refractivity contribution in [3.63, 3.8) is 0 Å². The molecular weight excluding hydrogens is 310 g/mol. The highest BCUT2D eigenvalue weighted by Crippen LogP contribution is 2.20. The monoisotopic (exact) mass is 333 g/mol. The summed E-state index contributed by atoms with van der Waals surface area (Å²) in [6.07, 6.45) is 16.4. The van der Waals surface area contributed by atoms with Gasteiger partial charge in [-0.1, -0.05) is 36.8 Å². The maximum absolute atomic E-state index is 12.2. The second-order valence-corrected chi connectivity index (χ2v) is 6.23. The predicted molar refractivity (Wildman–Crippen MR) is 101 cm³/mol. The Morgan fingerprint density at radius 2 is 2.20 bits per heavy atom. The molecule has 128 valence electrons. The van der Waals surface area contributed by atoms with Crippen molar-refractivity contribution < 1.29 is 9.53 Å². The van der Waals surface area contributed by atoms with E-state index in [0.29, 0.717) is 6.54 Å². The van der Waals surface area contributed by atoms with E-state index in [-0.39, 0.29) is 12.2 Å². The van der Waals surface area contributed by atoms with Gasteiger partial charge < -0.3 is 10.1 Å². The second-order valence-electron chi connectivity index (χ2n) is 6.23. The number of benzene rings is 1. The van der Waals surface area contributed by atoms with Crippen LogP contribution in [0.15, 0.2) is 54.0 Å². The average Bonchev–Trinajstić information content (AvgIpc) is 2.78. The SMILES string of the molecule is O=C(NCc1cccc2c1C=C=CC=C2)OC1C=C=CCCCCC1. The molecule has 0 aromatic heterocycles. The predicted octanol–water partition coefficient (Wildman–Crippen LogP) is 5.15. The summed E-state index contributed by atoms with van der Waals surface area (Å²) in [6, 6.07) is 6.06. The molecule has 0 heterocycles. The standard InChI is InChI=1S/C22H23NO2/c24-22(25-20-14-7-3-1-2-4-8-15-20)23-17-19-13-10-12-18-11-6-5-9-16-21(18)19/h3,5-6,10-14,16,20H,1-2,4,8,15,17H2,(H,23,24). The van der Waals surface area contributed by atoms with E-state index in [1.807, 2.05) is 48.6 Å². The first-order valence-corrected chi connectivity index (χ1v) is 8.89. The zero-order valence-electron chi connectivity index (χ0n) is 14.3. The highest BCUT2D eigenvalue weighted by atomic mass is 16.6. The smallest absolute Gasteiger partial charge is 0.408 e. The van der Waals surface area contributed by atoms with Gasteiger partial charge in [-0.2, -0.15) is 0 Å². The molecule has 1 N–H and O–H groups in total. The number of nitrogens with one attached hydrogen (secondary N) is 1. The summed E-state index contributed by atoms with van der Waals surface area (Å²) in [5.41, 5.74) is 9.50. The Hall–Kier alpha value is -2.73. The van der Waals surface area contributed by atoms with Crippen LogP contribution >= 0.6 is 0 Å². The van der Waals surface area contributed by atoms with Crippen LogP contribution in [0.5, 0.6) is 0 Å². The van der Waals surface area contributed by atoms with Crippen LogP contribution in [0.3, 0.4) is 0 Å². The Bertz CT molecular complexity index is 775. The number of rotatable bonds is 3. The third-order valence-electron chi connectivity index (χ3n) is 4.34. The Balaban J connectivity index is 1.60. The lowest BCUT2D eigenvalue weighted by Gasteiger charge is -2.15. The van der Waals surface area contributed by atoms with Crippen LogP contribution in [0, 0.1) is 0 Å². The van der Waals surface area contributed by atoms with Crippen molar-refractivity contribution in [2.24, 2.45) is 0 Å². The van der Waals surface area contributed by atoms with Gasteiger partial charge in [0.15, 0.2) is 0 Å². The minimum Gasteiger partial charge on any atom is -0.441 e. The Labute approximate surface area is 149 Å². The van der Waals surface area contributed by atoms with E-state index in [1.165, 1.54) is 6.42 Å². The molecule has 1 unspecified atom stereocenters. The number of allylic oxidation sites excluding steroid dienone is 2. The Kier molecular flexibility index (Phi) is 6.11. The fourth-order valence-electron chi connectivity index (χ4n) is 3.00. The van der Waals surface area contributed by atoms with Crippen molar-refractivity contribution in [1.29, 1.82) is 0 Å². The molecule has 0 radical (unpaired) electrons. The molecule has 0 aliphatic heterocycles. The topological polar surface area (TPSA) is 38.3 Å². The fourth-order valence-corrected chi connectivity index (χ4v) is 3.00. The molecule has 1 atom stereocenters. The van der Waals surface area contributed by atoms with Gasteiger partial charge in [-0.15, -0.1) is 11.5 Å². The first-order valence-electron chi connectivity index (χ1n) is 8.89. The number of hydrogen-bond donors (Lipinski definition) is 1. The molecule has 3 rings (SSSR count). The van der Waals surface area contributed by atoms with E-state index in [2.05, 4.69) is 22.8 Å². The van der Waals surface area contributed by atoms with Gasteiger partial charge in [-0.05, 0) is 66.7 Å². The van der Waals surface area contributed by atoms with Gasteiger partial charge in [0.05, 0.1) is 0 Å². The van der Waals surface area contributed by atoms with Gasteiger partial charge in [-0.3, -0.25) is 0 Å². The molecular formula is C22H23NO2. The number of alkyl carbamates (subject to hydrolysis) is 1. The van der Waals surface area contributed by atoms with Crippen molar-refractivity contribution in [2.75, 3.05) is 0 Å². The molecule has 1 aromatic carbocycles. The molecule has 1 amide bonds. The molecule has 3 nitrogen and oxygen atoms in total. The summed E-state index contributed by atoms with van der Waals surface area (Å²) in [4.78, 5) is 12.2. The van der Waals surface area contributed by atoms with Crippen LogP contribution in [0.2, 0.25) is 0 Å². The quantitative estimate of drug-likeness (QED) is 0.777. The van der Waals surface area contributed by atoms with Gasteiger partial charge >= 0.3 is 6.09 Å². The summed E-state index contributed by atoms with van der Waals surface area (Å²) in [6.45, 7) is 0.431. The molecule has 3 heteroatoms. The highest BCUT2D eigenvalue weighted by Gasteiger charge is 2.13. The molecule has 0 saturated carbocycles. The van der Waals surface area contributed by atoms with Crippen molar-refractivity contribution in [1.82, 2.24) is 5.32 Å². The third-order valence-corrected chi connectivity index (χ3v) is 4.34. The van der Waals surface area contributed by atoms with Crippen LogP contribution in [-0.2, 0) is 11.3 Å². The largest absolute Gasteiger partial charge is 0.441 e. The minimum atomic E-state index is -0.386. The molecule has 1 aromatic rings. The molecule has 2 aliphatic carbocycles. The van der Waals surface area contributed by atoms with Crippen LogP contribution in [0.1, 0.15) is 48.8 Å². The summed E-state index contributed by atoms with van der Waals surface area (Å²) >= 11 is 0. The maximum Gasteiger partial charge on any atom is 0.408 e. The van der Waals surface area contributed by atoms with Gasteiger partial charge in [0, 0.05) is 6.54 Å². The number of hydrogen-bond acceptors (Lipinski definition) is 2. The highest BCUT2D eigenvalue weighted by molar-refractivity contribution is 5.71. The average molecular weight is 333 g/mol. The number of carbonyl (C=O) groups is 1. The molecule has 2 aliphatic rings. The van der Waals surface area contributed by atoms with E-state index in [0.717, 1.165) is 42.4 Å². The number of carbonyl (C=O) groups excluding carboxylic acids is 1. The molecule has 0 saturated heterocycles. The van der Waals surface area contributed by atoms with Crippen LogP contribution in [0.4, 0.5) is 4.79 Å². The fraction of sp³-hybridized carbons (Fsp3) is 0.318. The first-order chi connectivity index (χ1) is 12.3. The van der Waals surface area contributed by atoms with Crippen molar-refractivity contribution >= 4 is 18.2 Å². The first kappa shape index (κ1) is 17.1. The van der Waals surface area contributed by atoms with Gasteiger partial charge in [0.1, 0.15) is 6.10 Å². The maximum atomic E-state index is 12.2. The van der Waals surface area contributed by atoms with Crippen LogP contribution in [-0.4, -0.2) is 12.2 Å². The summed E-state index contributed by atoms with van der Waals surface area (Å²) in [7, 11) is 0. The van der Waals surface area contributed by atoms with Crippen LogP contribution < -0.4 is 5.32 Å². The number of fused-ring (bicyclic) bond motifs is 1. The lowest BCUT2D eigenvalue weighted by atomic mass is 10.0. The zero-order chi connectivity index (χ0) is 17.3. The van der Waals surface area contributed by atoms with Crippen molar-refractivity contribution in [3.05, 3.63) is 70.7 Å². The Morgan fingerprint density at radius 3 is 3.16 bits per heavy atom. The summed E-state index contributed by atoms with van der Waals surface area (Å²) in [5.74, 6) is 0. The van der Waals surface area contributed by atoms with Gasteiger partial charge in [0.2, 0.25) is 0 Å². The molecule has 0 bridgehead atoms. The van der Waals surface area contributed by atoms with Gasteiger partial charge in [0.25, 0.3) is 0 Å². The number of amides is 1. The van der Waals surface area contributed by atoms with Crippen LogP contribution in [0.25, 0.3) is 12.2 Å². The second kappa shape index (κ2) is 8.94. The van der Waals surface area contributed by atoms with Crippen molar-refractivity contribution in [2.45, 2.75) is 44.8 Å². The van der Waals surface area contributed by atoms with E-state index in [9.17, 15) is 4.79 Å². The normalized spacial score (nSPS) is 18.6. The molecule has 25 heavy (non-hydrogen) atoms.